The maximum atomic E-state index is 11.7. The Kier molecular flexibility index (Phi) is 5.03. The summed E-state index contributed by atoms with van der Waals surface area (Å²) >= 11 is 0. The fourth-order valence-corrected chi connectivity index (χ4v) is 1.43. The highest BCUT2D eigenvalue weighted by atomic mass is 16.6. The number of pyridine rings is 1. The Bertz CT molecular complexity index is 464. The van der Waals surface area contributed by atoms with Crippen molar-refractivity contribution in [2.45, 2.75) is 46.1 Å². The lowest BCUT2D eigenvalue weighted by atomic mass is 10.1. The summed E-state index contributed by atoms with van der Waals surface area (Å²) in [5.41, 5.74) is 0.123. The van der Waals surface area contributed by atoms with Crippen LogP contribution in [-0.4, -0.2) is 22.5 Å². The number of nitrogens with zero attached hydrogens (tertiary/aromatic N) is 1. The molecule has 0 saturated carbocycles. The van der Waals surface area contributed by atoms with Gasteiger partial charge in [0.2, 0.25) is 0 Å². The molecular weight excluding hydrogens is 244 g/mol. The zero-order valence-corrected chi connectivity index (χ0v) is 11.8. The lowest BCUT2D eigenvalue weighted by Crippen LogP contribution is -2.28. The van der Waals surface area contributed by atoms with Crippen LogP contribution >= 0.6 is 0 Å². The Balaban J connectivity index is 2.78. The van der Waals surface area contributed by atoms with Crippen molar-refractivity contribution < 1.29 is 14.3 Å². The average Bonchev–Trinajstić information content (AvgIpc) is 2.29. The zero-order valence-electron chi connectivity index (χ0n) is 11.8. The largest absolute Gasteiger partial charge is 0.444 e. The predicted molar refractivity (Wildman–Crippen MR) is 73.1 cm³/mol. The molecular formula is C14H20N2O3. The summed E-state index contributed by atoms with van der Waals surface area (Å²) < 4.78 is 5.15. The van der Waals surface area contributed by atoms with Gasteiger partial charge in [0.05, 0.1) is 0 Å². The highest BCUT2D eigenvalue weighted by molar-refractivity contribution is 5.87. The first-order chi connectivity index (χ1) is 8.81. The van der Waals surface area contributed by atoms with E-state index in [0.717, 1.165) is 0 Å². The molecule has 0 fully saturated rings. The Morgan fingerprint density at radius 2 is 2.05 bits per heavy atom. The number of hydrogen-bond acceptors (Lipinski definition) is 4. The van der Waals surface area contributed by atoms with E-state index in [-0.39, 0.29) is 12.2 Å². The third kappa shape index (κ3) is 5.50. The lowest BCUT2D eigenvalue weighted by Gasteiger charge is -2.20. The van der Waals surface area contributed by atoms with E-state index in [1.54, 1.807) is 46.0 Å². The van der Waals surface area contributed by atoms with Crippen LogP contribution in [0.25, 0.3) is 0 Å². The first kappa shape index (κ1) is 15.1. The number of carbonyl (C=O) groups is 2. The van der Waals surface area contributed by atoms with Crippen molar-refractivity contribution in [3.8, 4) is 0 Å². The molecule has 0 aromatic carbocycles. The van der Waals surface area contributed by atoms with Crippen LogP contribution in [0.15, 0.2) is 18.3 Å². The van der Waals surface area contributed by atoms with Gasteiger partial charge in [0.25, 0.3) is 0 Å². The van der Waals surface area contributed by atoms with Crippen molar-refractivity contribution in [1.82, 2.24) is 4.98 Å². The molecule has 1 aromatic heterocycles. The molecule has 19 heavy (non-hydrogen) atoms. The van der Waals surface area contributed by atoms with Gasteiger partial charge in [0, 0.05) is 24.6 Å². The van der Waals surface area contributed by atoms with Gasteiger partial charge in [0.15, 0.2) is 0 Å². The van der Waals surface area contributed by atoms with Gasteiger partial charge < -0.3 is 4.74 Å². The standard InChI is InChI=1S/C14H20N2O3/c1-5-11(17)9-10-7-6-8-15-12(10)16-13(18)19-14(2,3)4/h6-8H,5,9H2,1-4H3,(H,15,16,18). The number of ether oxygens (including phenoxy) is 1. The summed E-state index contributed by atoms with van der Waals surface area (Å²) in [6.45, 7) is 7.16. The van der Waals surface area contributed by atoms with Gasteiger partial charge in [-0.3, -0.25) is 10.1 Å². The second-order valence-corrected chi connectivity index (χ2v) is 5.21. The van der Waals surface area contributed by atoms with Crippen LogP contribution in [0.3, 0.4) is 0 Å². The van der Waals surface area contributed by atoms with Gasteiger partial charge in [-0.1, -0.05) is 13.0 Å². The van der Waals surface area contributed by atoms with Crippen molar-refractivity contribution in [2.75, 3.05) is 5.32 Å². The minimum absolute atomic E-state index is 0.0974. The van der Waals surface area contributed by atoms with Crippen LogP contribution in [0.4, 0.5) is 10.6 Å². The molecule has 104 valence electrons. The number of Topliss-reactive ketones (excluding diaryl/α,β-unsaturated/α-hetero) is 1. The summed E-state index contributed by atoms with van der Waals surface area (Å²) in [6.07, 6.45) is 1.71. The molecule has 0 aliphatic carbocycles. The van der Waals surface area contributed by atoms with Gasteiger partial charge in [-0.25, -0.2) is 9.78 Å². The smallest absolute Gasteiger partial charge is 0.413 e. The van der Waals surface area contributed by atoms with Crippen molar-refractivity contribution in [1.29, 1.82) is 0 Å². The van der Waals surface area contributed by atoms with E-state index >= 15 is 0 Å². The molecule has 0 bridgehead atoms. The molecule has 0 atom stereocenters. The molecule has 0 aliphatic rings. The maximum absolute atomic E-state index is 11.7. The molecule has 1 N–H and O–H groups in total. The predicted octanol–water partition coefficient (Wildman–Crippen LogP) is 2.95. The minimum Gasteiger partial charge on any atom is -0.444 e. The molecule has 1 rings (SSSR count). The second kappa shape index (κ2) is 6.31. The summed E-state index contributed by atoms with van der Waals surface area (Å²) in [4.78, 5) is 27.2. The van der Waals surface area contributed by atoms with Gasteiger partial charge in [-0.05, 0) is 26.8 Å². The third-order valence-corrected chi connectivity index (χ3v) is 2.29. The van der Waals surface area contributed by atoms with Gasteiger partial charge >= 0.3 is 6.09 Å². The molecule has 1 amide bonds. The molecule has 0 saturated heterocycles. The first-order valence-corrected chi connectivity index (χ1v) is 6.27. The highest BCUT2D eigenvalue weighted by Crippen LogP contribution is 2.15. The molecule has 0 unspecified atom stereocenters. The van der Waals surface area contributed by atoms with E-state index in [2.05, 4.69) is 10.3 Å². The van der Waals surface area contributed by atoms with E-state index in [9.17, 15) is 9.59 Å². The van der Waals surface area contributed by atoms with Crippen LogP contribution in [0.1, 0.15) is 39.7 Å². The number of nitrogens with one attached hydrogen (secondary N) is 1. The average molecular weight is 264 g/mol. The van der Waals surface area contributed by atoms with Crippen molar-refractivity contribution in [3.05, 3.63) is 23.9 Å². The molecule has 1 aromatic rings. The third-order valence-electron chi connectivity index (χ3n) is 2.29. The van der Waals surface area contributed by atoms with Crippen molar-refractivity contribution in [2.24, 2.45) is 0 Å². The van der Waals surface area contributed by atoms with Crippen LogP contribution in [0, 0.1) is 0 Å². The van der Waals surface area contributed by atoms with E-state index in [1.807, 2.05) is 0 Å². The Hall–Kier alpha value is -1.91. The summed E-state index contributed by atoms with van der Waals surface area (Å²) in [5, 5.41) is 2.57. The fourth-order valence-electron chi connectivity index (χ4n) is 1.43. The lowest BCUT2D eigenvalue weighted by molar-refractivity contribution is -0.118. The van der Waals surface area contributed by atoms with E-state index in [1.165, 1.54) is 0 Å². The topological polar surface area (TPSA) is 68.3 Å². The van der Waals surface area contributed by atoms with Crippen molar-refractivity contribution >= 4 is 17.7 Å². The summed E-state index contributed by atoms with van der Waals surface area (Å²) in [7, 11) is 0. The van der Waals surface area contributed by atoms with Gasteiger partial charge in [-0.15, -0.1) is 0 Å². The van der Waals surface area contributed by atoms with E-state index in [4.69, 9.17) is 4.74 Å². The van der Waals surface area contributed by atoms with Crippen molar-refractivity contribution in [3.63, 3.8) is 0 Å². The van der Waals surface area contributed by atoms with Crippen LogP contribution < -0.4 is 5.32 Å². The molecule has 0 spiro atoms. The number of hydrogen-bond donors (Lipinski definition) is 1. The maximum Gasteiger partial charge on any atom is 0.413 e. The Labute approximate surface area is 113 Å². The summed E-state index contributed by atoms with van der Waals surface area (Å²) in [5.74, 6) is 0.471. The molecule has 1 heterocycles. The van der Waals surface area contributed by atoms with Crippen LogP contribution in [0.5, 0.6) is 0 Å². The number of amides is 1. The van der Waals surface area contributed by atoms with Crippen LogP contribution in [0.2, 0.25) is 0 Å². The Morgan fingerprint density at radius 1 is 1.37 bits per heavy atom. The molecule has 0 radical (unpaired) electrons. The quantitative estimate of drug-likeness (QED) is 0.907. The molecule has 5 nitrogen and oxygen atoms in total. The molecule has 0 aliphatic heterocycles. The van der Waals surface area contributed by atoms with E-state index in [0.29, 0.717) is 17.8 Å². The normalized spacial score (nSPS) is 10.9. The fraction of sp³-hybridized carbons (Fsp3) is 0.500. The van der Waals surface area contributed by atoms with Crippen LogP contribution in [-0.2, 0) is 16.0 Å². The monoisotopic (exact) mass is 264 g/mol. The number of carbonyl (C=O) groups excluding carboxylic acids is 2. The number of aromatic nitrogens is 1. The van der Waals surface area contributed by atoms with Gasteiger partial charge in [0.1, 0.15) is 17.2 Å². The zero-order chi connectivity index (χ0) is 14.5. The highest BCUT2D eigenvalue weighted by Gasteiger charge is 2.18. The minimum atomic E-state index is -0.573. The first-order valence-electron chi connectivity index (χ1n) is 6.27. The number of anilines is 1. The number of rotatable bonds is 4. The second-order valence-electron chi connectivity index (χ2n) is 5.21. The Morgan fingerprint density at radius 3 is 2.63 bits per heavy atom. The molecule has 5 heteroatoms. The summed E-state index contributed by atoms with van der Waals surface area (Å²) in [6, 6.07) is 3.51. The van der Waals surface area contributed by atoms with E-state index < -0.39 is 11.7 Å². The number of ketones is 1. The SMILES string of the molecule is CCC(=O)Cc1cccnc1NC(=O)OC(C)(C)C. The van der Waals surface area contributed by atoms with Gasteiger partial charge in [-0.2, -0.15) is 0 Å².